The molecule has 0 radical (unpaired) electrons. The highest BCUT2D eigenvalue weighted by Crippen LogP contribution is 2.46. The molecule has 0 unspecified atom stereocenters. The summed E-state index contributed by atoms with van der Waals surface area (Å²) in [5.74, 6) is 1.41. The molecule has 10 rings (SSSR count). The Bertz CT molecular complexity index is 2410. The molecule has 5 fully saturated rings. The van der Waals surface area contributed by atoms with E-state index in [0.717, 1.165) is 32.2 Å². The minimum atomic E-state index is -0.957. The molecule has 11 nitrogen and oxygen atoms in total. The molecule has 1 amide bonds. The number of phenolic OH excluding ortho intramolecular Hbond substituents is 1. The van der Waals surface area contributed by atoms with E-state index in [-0.39, 0.29) is 75.5 Å². The summed E-state index contributed by atoms with van der Waals surface area (Å²) in [5, 5.41) is 20.3. The topological polar surface area (TPSA) is 122 Å². The van der Waals surface area contributed by atoms with E-state index in [1.807, 2.05) is 4.90 Å². The maximum Gasteiger partial charge on any atom is 0.319 e. The van der Waals surface area contributed by atoms with Crippen molar-refractivity contribution in [3.8, 4) is 35.2 Å². The first-order chi connectivity index (χ1) is 25.6. The predicted molar refractivity (Wildman–Crippen MR) is 192 cm³/mol. The number of hydrogen-bond acceptors (Lipinski definition) is 9. The number of benzene rings is 3. The van der Waals surface area contributed by atoms with Gasteiger partial charge in [-0.1, -0.05) is 12.0 Å². The molecule has 2 N–H and O–H groups in total. The number of piperazine rings is 1. The minimum Gasteiger partial charge on any atom is -0.508 e. The molecule has 0 spiro atoms. The monoisotopic (exact) mass is 722 g/mol. The van der Waals surface area contributed by atoms with Gasteiger partial charge in [0.05, 0.1) is 22.5 Å². The Balaban J connectivity index is 1.18. The zero-order valence-electron chi connectivity index (χ0n) is 29.1. The third kappa shape index (κ3) is 4.96. The van der Waals surface area contributed by atoms with E-state index in [4.69, 9.17) is 26.2 Å². The van der Waals surface area contributed by atoms with Gasteiger partial charge >= 0.3 is 6.01 Å². The highest BCUT2D eigenvalue weighted by atomic mass is 19.1. The number of alkyl halides is 1. The molecule has 2 aromatic heterocycles. The quantitative estimate of drug-likeness (QED) is 0.194. The van der Waals surface area contributed by atoms with E-state index in [1.54, 1.807) is 17.9 Å². The number of anilines is 1. The second-order valence-electron chi connectivity index (χ2n) is 15.3. The maximum absolute atomic E-state index is 17.7. The lowest BCUT2D eigenvalue weighted by Gasteiger charge is -2.42. The first-order valence-electron chi connectivity index (χ1n) is 18.2. The van der Waals surface area contributed by atoms with Crippen LogP contribution >= 0.6 is 0 Å². The molecular weight excluding hydrogens is 685 g/mol. The highest BCUT2D eigenvalue weighted by molar-refractivity contribution is 6.18. The van der Waals surface area contributed by atoms with Gasteiger partial charge in [0, 0.05) is 74.3 Å². The van der Waals surface area contributed by atoms with Gasteiger partial charge in [0.15, 0.2) is 5.82 Å². The lowest BCUT2D eigenvalue weighted by Crippen LogP contribution is -2.57. The number of ether oxygens (including phenoxy) is 1. The van der Waals surface area contributed by atoms with Gasteiger partial charge in [0.25, 0.3) is 0 Å². The van der Waals surface area contributed by atoms with Crippen molar-refractivity contribution >= 4 is 44.3 Å². The van der Waals surface area contributed by atoms with Crippen LogP contribution in [0.15, 0.2) is 30.5 Å². The van der Waals surface area contributed by atoms with Crippen molar-refractivity contribution in [2.75, 3.05) is 44.2 Å². The summed E-state index contributed by atoms with van der Waals surface area (Å²) in [6.45, 7) is 2.92. The Morgan fingerprint density at radius 1 is 1.13 bits per heavy atom. The Morgan fingerprint density at radius 3 is 2.68 bits per heavy atom. The van der Waals surface area contributed by atoms with E-state index in [0.29, 0.717) is 54.6 Å². The number of aryl methyl sites for hydroxylation is 1. The van der Waals surface area contributed by atoms with Gasteiger partial charge in [-0.3, -0.25) is 14.4 Å². The van der Waals surface area contributed by atoms with Crippen molar-refractivity contribution in [1.29, 1.82) is 0 Å². The molecule has 5 aliphatic rings. The van der Waals surface area contributed by atoms with Crippen LogP contribution in [0, 0.1) is 24.0 Å². The van der Waals surface area contributed by atoms with Crippen molar-refractivity contribution in [2.45, 2.75) is 61.9 Å². The number of hydrogen-bond donors (Lipinski definition) is 2. The van der Waals surface area contributed by atoms with Crippen molar-refractivity contribution < 1.29 is 27.8 Å². The van der Waals surface area contributed by atoms with Gasteiger partial charge in [0.2, 0.25) is 5.91 Å². The fourth-order valence-corrected chi connectivity index (χ4v) is 9.71. The number of amides is 1. The van der Waals surface area contributed by atoms with Crippen molar-refractivity contribution in [3.05, 3.63) is 47.7 Å². The third-order valence-corrected chi connectivity index (χ3v) is 12.1. The molecule has 5 saturated heterocycles. The third-order valence-electron chi connectivity index (χ3n) is 12.1. The maximum atomic E-state index is 17.7. The highest BCUT2D eigenvalue weighted by Gasteiger charge is 2.50. The number of terminal acetylenes is 1. The van der Waals surface area contributed by atoms with Crippen LogP contribution in [-0.2, 0) is 11.8 Å². The molecular formula is C39H37F3N8O3. The molecule has 5 aromatic rings. The van der Waals surface area contributed by atoms with Crippen LogP contribution < -0.4 is 15.0 Å². The number of aromatic hydroxyl groups is 1. The van der Waals surface area contributed by atoms with E-state index < -0.39 is 23.3 Å². The van der Waals surface area contributed by atoms with Gasteiger partial charge in [0.1, 0.15) is 41.2 Å². The first kappa shape index (κ1) is 32.5. The van der Waals surface area contributed by atoms with Crippen LogP contribution in [-0.4, -0.2) is 110 Å². The molecule has 2 bridgehead atoms. The van der Waals surface area contributed by atoms with Crippen molar-refractivity contribution in [2.24, 2.45) is 7.05 Å². The average molecular weight is 723 g/mol. The molecule has 272 valence electrons. The summed E-state index contributed by atoms with van der Waals surface area (Å²) in [6.07, 6.45) is 10.4. The van der Waals surface area contributed by atoms with Gasteiger partial charge in [-0.05, 0) is 61.4 Å². The lowest BCUT2D eigenvalue weighted by atomic mass is 9.91. The molecule has 3 aromatic carbocycles. The van der Waals surface area contributed by atoms with Crippen molar-refractivity contribution in [3.63, 3.8) is 0 Å². The average Bonchev–Trinajstić information content (AvgIpc) is 3.60. The zero-order valence-corrected chi connectivity index (χ0v) is 29.1. The number of nitrogens with zero attached hydrogens (tertiary/aromatic N) is 7. The smallest absolute Gasteiger partial charge is 0.319 e. The fraction of sp³-hybridized carbons (Fsp3) is 0.436. The van der Waals surface area contributed by atoms with Gasteiger partial charge in [-0.25, -0.2) is 13.2 Å². The molecule has 0 saturated carbocycles. The molecule has 53 heavy (non-hydrogen) atoms. The number of fused-ring (bicyclic) bond motifs is 7. The normalized spacial score (nSPS) is 26.5. The van der Waals surface area contributed by atoms with Gasteiger partial charge in [-0.15, -0.1) is 6.42 Å². The number of carbonyl (C=O) groups is 1. The van der Waals surface area contributed by atoms with Gasteiger partial charge in [-0.2, -0.15) is 15.1 Å². The SMILES string of the molecule is C#Cc1c(F)ccc2cc(O)cc(-c3c(F)c4nc(OC[C@@]56CCCN5C[C@H](F)C6)nc(N5C[C@H]6CC[C@@H](C5)N6C(=O)[C@H]5CN5)c4c4cn(C)nc34)c12. The molecule has 0 aliphatic carbocycles. The van der Waals surface area contributed by atoms with Gasteiger partial charge < -0.3 is 25.0 Å². The lowest BCUT2D eigenvalue weighted by molar-refractivity contribution is -0.133. The van der Waals surface area contributed by atoms with E-state index in [9.17, 15) is 14.3 Å². The molecule has 7 heterocycles. The first-order valence-corrected chi connectivity index (χ1v) is 18.2. The van der Waals surface area contributed by atoms with E-state index in [1.165, 1.54) is 24.3 Å². The van der Waals surface area contributed by atoms with E-state index in [2.05, 4.69) is 21.0 Å². The van der Waals surface area contributed by atoms with Crippen LogP contribution in [0.3, 0.4) is 0 Å². The Kier molecular flexibility index (Phi) is 7.17. The second-order valence-corrected chi connectivity index (χ2v) is 15.3. The number of halogens is 3. The number of phenols is 1. The summed E-state index contributed by atoms with van der Waals surface area (Å²) in [7, 11) is 1.72. The van der Waals surface area contributed by atoms with Crippen LogP contribution in [0.25, 0.3) is 43.7 Å². The summed E-state index contributed by atoms with van der Waals surface area (Å²) in [5.41, 5.74) is -0.187. The van der Waals surface area contributed by atoms with Crippen molar-refractivity contribution in [1.82, 2.24) is 34.9 Å². The summed E-state index contributed by atoms with van der Waals surface area (Å²) in [4.78, 5) is 29.2. The number of nitrogens with one attached hydrogen (secondary N) is 1. The van der Waals surface area contributed by atoms with E-state index >= 15 is 8.78 Å². The van der Waals surface area contributed by atoms with Crippen LogP contribution in [0.1, 0.15) is 37.7 Å². The minimum absolute atomic E-state index is 0.00394. The number of aromatic nitrogens is 4. The van der Waals surface area contributed by atoms with Crippen LogP contribution in [0.2, 0.25) is 0 Å². The largest absolute Gasteiger partial charge is 0.508 e. The molecule has 5 atom stereocenters. The summed E-state index contributed by atoms with van der Waals surface area (Å²) >= 11 is 0. The second kappa shape index (κ2) is 11.7. The predicted octanol–water partition coefficient (Wildman–Crippen LogP) is 4.41. The Labute approximate surface area is 302 Å². The number of carbonyl (C=O) groups excluding carboxylic acids is 1. The van der Waals surface area contributed by atoms with Crippen LogP contribution in [0.5, 0.6) is 11.8 Å². The molecule has 14 heteroatoms. The molecule has 5 aliphatic heterocycles. The van der Waals surface area contributed by atoms with Crippen LogP contribution in [0.4, 0.5) is 19.0 Å². The summed E-state index contributed by atoms with van der Waals surface area (Å²) < 4.78 is 55.5. The zero-order chi connectivity index (χ0) is 36.3. The standard InChI is InChI=1S/C39H37F3N8O3/c1-3-25-28(41)8-5-20-11-24(51)12-26(30(20)25)31-33(42)35-32(27-18-47(2)46-34(27)31)36(48-16-22-6-7-23(17-48)50(22)37(52)29-14-43-29)45-38(44-35)53-19-39-9-4-10-49(39)15-21(40)13-39/h1,5,8,11-12,18,21-23,29,43,51H,4,6-7,9-10,13-17,19H2,2H3/t21-,22-,23+,29-,39+/m1/s1. The Morgan fingerprint density at radius 2 is 1.92 bits per heavy atom. The Hall–Kier alpha value is -5.13. The fourth-order valence-electron chi connectivity index (χ4n) is 9.71. The summed E-state index contributed by atoms with van der Waals surface area (Å²) in [6, 6.07) is 5.25. The number of rotatable bonds is 6.